The molecule has 2 aromatic carbocycles. The average molecular weight is 430 g/mol. The van der Waals surface area contributed by atoms with Crippen LogP contribution in [0.2, 0.25) is 0 Å². The second-order valence-electron chi connectivity index (χ2n) is 7.45. The summed E-state index contributed by atoms with van der Waals surface area (Å²) in [6.45, 7) is 2.27. The first-order valence-electron chi connectivity index (χ1n) is 9.66. The second kappa shape index (κ2) is 9.45. The summed E-state index contributed by atoms with van der Waals surface area (Å²) < 4.78 is 13.9. The zero-order valence-electron chi connectivity index (χ0n) is 16.6. The van der Waals surface area contributed by atoms with Gasteiger partial charge in [-0.2, -0.15) is 0 Å². The Morgan fingerprint density at radius 1 is 1.07 bits per heavy atom. The largest absolute Gasteiger partial charge is 0.478 e. The number of carboxylic acid groups (broad SMARTS) is 2. The lowest BCUT2D eigenvalue weighted by Crippen LogP contribution is -2.37. The lowest BCUT2D eigenvalue weighted by molar-refractivity contribution is -0.134. The van der Waals surface area contributed by atoms with Crippen molar-refractivity contribution >= 4 is 23.7 Å². The van der Waals surface area contributed by atoms with E-state index in [1.165, 1.54) is 30.0 Å². The third-order valence-electron chi connectivity index (χ3n) is 5.39. The van der Waals surface area contributed by atoms with E-state index in [1.54, 1.807) is 6.07 Å². The molecule has 0 aromatic heterocycles. The highest BCUT2D eigenvalue weighted by Crippen LogP contribution is 2.61. The Hall–Kier alpha value is -2.64. The molecule has 2 aliphatic heterocycles. The van der Waals surface area contributed by atoms with Crippen LogP contribution in [-0.4, -0.2) is 47.2 Å². The molecule has 1 atom stereocenters. The molecule has 2 aliphatic rings. The summed E-state index contributed by atoms with van der Waals surface area (Å²) in [5, 5.41) is 15.9. The van der Waals surface area contributed by atoms with Crippen LogP contribution in [0.4, 0.5) is 4.39 Å². The molecule has 2 aromatic rings. The highest BCUT2D eigenvalue weighted by atomic mass is 32.2. The summed E-state index contributed by atoms with van der Waals surface area (Å²) in [4.78, 5) is 21.5. The van der Waals surface area contributed by atoms with Crippen LogP contribution >= 0.6 is 11.8 Å². The minimum Gasteiger partial charge on any atom is -0.478 e. The maximum atomic E-state index is 13.7. The molecule has 5 nitrogen and oxygen atoms in total. The van der Waals surface area contributed by atoms with E-state index in [2.05, 4.69) is 42.3 Å². The predicted molar refractivity (Wildman–Crippen MR) is 115 cm³/mol. The fourth-order valence-corrected chi connectivity index (χ4v) is 5.72. The lowest BCUT2D eigenvalue weighted by atomic mass is 9.84. The molecule has 158 valence electrons. The van der Waals surface area contributed by atoms with Crippen LogP contribution in [0.5, 0.6) is 0 Å². The molecule has 4 rings (SSSR count). The lowest BCUT2D eigenvalue weighted by Gasteiger charge is -2.38. The molecule has 7 heteroatoms. The Morgan fingerprint density at radius 3 is 2.30 bits per heavy atom. The summed E-state index contributed by atoms with van der Waals surface area (Å²) in [5.41, 5.74) is 3.94. The van der Waals surface area contributed by atoms with Gasteiger partial charge in [-0.15, -0.1) is 11.8 Å². The third kappa shape index (κ3) is 5.09. The fourth-order valence-electron chi connectivity index (χ4n) is 3.92. The van der Waals surface area contributed by atoms with Crippen molar-refractivity contribution in [3.63, 3.8) is 0 Å². The molecule has 1 spiro atoms. The minimum atomic E-state index is -1.26. The van der Waals surface area contributed by atoms with E-state index in [-0.39, 0.29) is 15.8 Å². The van der Waals surface area contributed by atoms with Gasteiger partial charge in [0, 0.05) is 16.9 Å². The van der Waals surface area contributed by atoms with Crippen molar-refractivity contribution in [3.8, 4) is 0 Å². The van der Waals surface area contributed by atoms with E-state index >= 15 is 0 Å². The van der Waals surface area contributed by atoms with Gasteiger partial charge < -0.3 is 15.1 Å². The summed E-state index contributed by atoms with van der Waals surface area (Å²) in [6, 6.07) is 15.9. The predicted octanol–water partition coefficient (Wildman–Crippen LogP) is 4.29. The first kappa shape index (κ1) is 22.1. The van der Waals surface area contributed by atoms with Crippen LogP contribution in [0, 0.1) is 5.82 Å². The van der Waals surface area contributed by atoms with E-state index in [0.29, 0.717) is 12.2 Å². The highest BCUT2D eigenvalue weighted by Gasteiger charge is 2.46. The molecule has 0 radical (unpaired) electrons. The number of piperidine rings is 1. The molecular weight excluding hydrogens is 405 g/mol. The van der Waals surface area contributed by atoms with Crippen molar-refractivity contribution in [3.05, 3.63) is 83.2 Å². The van der Waals surface area contributed by atoms with Gasteiger partial charge in [0.05, 0.1) is 5.25 Å². The standard InChI is InChI=1S/C19H20FNS.C4H4O4/c1-21-11-9-19(10-12-21)17-8-3-2-7-16(17)18(22-19)14-5-4-6-15(20)13-14;5-3(6)1-2-4(7)8/h2-8,13,18H,9-12H2,1H3;1-2H,(H,5,6)(H,7,8)/b;2-1-. The summed E-state index contributed by atoms with van der Waals surface area (Å²) in [7, 11) is 2.20. The Kier molecular flexibility index (Phi) is 6.95. The summed E-state index contributed by atoms with van der Waals surface area (Å²) >= 11 is 2.03. The average Bonchev–Trinajstić information content (AvgIpc) is 3.04. The van der Waals surface area contributed by atoms with Crippen molar-refractivity contribution < 1.29 is 24.2 Å². The number of halogens is 1. The molecule has 0 aliphatic carbocycles. The number of likely N-dealkylation sites (tertiary alicyclic amines) is 1. The molecule has 1 saturated heterocycles. The van der Waals surface area contributed by atoms with Gasteiger partial charge in [-0.3, -0.25) is 0 Å². The van der Waals surface area contributed by atoms with Crippen LogP contribution in [0.3, 0.4) is 0 Å². The van der Waals surface area contributed by atoms with Crippen molar-refractivity contribution in [2.24, 2.45) is 0 Å². The van der Waals surface area contributed by atoms with Gasteiger partial charge in [-0.25, -0.2) is 14.0 Å². The SMILES string of the molecule is CN1CCC2(CC1)SC(c1cccc(F)c1)c1ccccc12.O=C(O)/C=C\C(=O)O. The van der Waals surface area contributed by atoms with Crippen molar-refractivity contribution in [1.82, 2.24) is 4.90 Å². The zero-order chi connectivity index (χ0) is 21.7. The van der Waals surface area contributed by atoms with Gasteiger partial charge in [-0.05, 0) is 61.8 Å². The van der Waals surface area contributed by atoms with Crippen molar-refractivity contribution in [1.29, 1.82) is 0 Å². The maximum absolute atomic E-state index is 13.7. The number of hydrogen-bond donors (Lipinski definition) is 2. The van der Waals surface area contributed by atoms with E-state index in [9.17, 15) is 14.0 Å². The fraction of sp³-hybridized carbons (Fsp3) is 0.304. The number of benzene rings is 2. The zero-order valence-corrected chi connectivity index (χ0v) is 17.4. The minimum absolute atomic E-state index is 0.139. The Labute approximate surface area is 179 Å². The number of thioether (sulfide) groups is 1. The van der Waals surface area contributed by atoms with Gasteiger partial charge >= 0.3 is 11.9 Å². The topological polar surface area (TPSA) is 77.8 Å². The number of carbonyl (C=O) groups is 2. The van der Waals surface area contributed by atoms with Crippen LogP contribution in [0.15, 0.2) is 60.7 Å². The second-order valence-corrected chi connectivity index (χ2v) is 8.94. The van der Waals surface area contributed by atoms with Gasteiger partial charge in [0.1, 0.15) is 5.82 Å². The molecule has 0 saturated carbocycles. The molecule has 2 heterocycles. The smallest absolute Gasteiger partial charge is 0.328 e. The van der Waals surface area contributed by atoms with Gasteiger partial charge in [0.15, 0.2) is 0 Å². The van der Waals surface area contributed by atoms with Gasteiger partial charge in [-0.1, -0.05) is 36.4 Å². The molecular formula is C23H24FNO4S. The number of rotatable bonds is 3. The van der Waals surface area contributed by atoms with E-state index in [0.717, 1.165) is 18.7 Å². The number of carboxylic acids is 2. The third-order valence-corrected chi connectivity index (χ3v) is 7.23. The molecule has 2 N–H and O–H groups in total. The number of nitrogens with zero attached hydrogens (tertiary/aromatic N) is 1. The Balaban J connectivity index is 0.000000275. The molecule has 1 unspecified atom stereocenters. The van der Waals surface area contributed by atoms with Gasteiger partial charge in [0.25, 0.3) is 0 Å². The van der Waals surface area contributed by atoms with Crippen molar-refractivity contribution in [2.45, 2.75) is 22.8 Å². The monoisotopic (exact) mass is 429 g/mol. The van der Waals surface area contributed by atoms with Crippen LogP contribution in [-0.2, 0) is 14.3 Å². The molecule has 1 fully saturated rings. The summed E-state index contributed by atoms with van der Waals surface area (Å²) in [5.74, 6) is -2.65. The number of aliphatic carboxylic acids is 2. The van der Waals surface area contributed by atoms with Crippen LogP contribution in [0.25, 0.3) is 0 Å². The Bertz CT molecular complexity index is 938. The van der Waals surface area contributed by atoms with E-state index in [1.807, 2.05) is 17.8 Å². The molecule has 30 heavy (non-hydrogen) atoms. The Morgan fingerprint density at radius 2 is 1.70 bits per heavy atom. The van der Waals surface area contributed by atoms with E-state index < -0.39 is 11.9 Å². The quantitative estimate of drug-likeness (QED) is 0.709. The van der Waals surface area contributed by atoms with Crippen molar-refractivity contribution in [2.75, 3.05) is 20.1 Å². The first-order valence-corrected chi connectivity index (χ1v) is 10.5. The van der Waals surface area contributed by atoms with E-state index in [4.69, 9.17) is 10.2 Å². The molecule has 0 bridgehead atoms. The highest BCUT2D eigenvalue weighted by molar-refractivity contribution is 8.01. The number of fused-ring (bicyclic) bond motifs is 2. The normalized spacial score (nSPS) is 19.9. The summed E-state index contributed by atoms with van der Waals surface area (Å²) in [6.07, 6.45) is 3.47. The molecule has 0 amide bonds. The van der Waals surface area contributed by atoms with Gasteiger partial charge in [0.2, 0.25) is 0 Å². The first-order chi connectivity index (χ1) is 14.3. The maximum Gasteiger partial charge on any atom is 0.328 e. The van der Waals surface area contributed by atoms with Crippen LogP contribution in [0.1, 0.15) is 34.8 Å². The number of hydrogen-bond acceptors (Lipinski definition) is 4. The van der Waals surface area contributed by atoms with Crippen LogP contribution < -0.4 is 0 Å².